The third-order valence-corrected chi connectivity index (χ3v) is 4.81. The smallest absolute Gasteiger partial charge is 0.240 e. The van der Waals surface area contributed by atoms with Gasteiger partial charge in [-0.1, -0.05) is 18.7 Å². The van der Waals surface area contributed by atoms with Crippen molar-refractivity contribution in [3.63, 3.8) is 0 Å². The zero-order chi connectivity index (χ0) is 17.2. The quantitative estimate of drug-likeness (QED) is 0.838. The van der Waals surface area contributed by atoms with Crippen molar-refractivity contribution in [1.82, 2.24) is 15.6 Å². The van der Waals surface area contributed by atoms with Crippen molar-refractivity contribution < 1.29 is 9.59 Å². The van der Waals surface area contributed by atoms with Gasteiger partial charge < -0.3 is 10.6 Å². The van der Waals surface area contributed by atoms with Crippen LogP contribution >= 0.6 is 11.3 Å². The lowest BCUT2D eigenvalue weighted by atomic mass is 10.2. The molecule has 0 aliphatic heterocycles. The number of carbonyl (C=O) groups is 2. The molecule has 1 aliphatic rings. The highest BCUT2D eigenvalue weighted by molar-refractivity contribution is 7.18. The van der Waals surface area contributed by atoms with Gasteiger partial charge in [0.25, 0.3) is 0 Å². The first-order valence-corrected chi connectivity index (χ1v) is 8.36. The maximum absolute atomic E-state index is 12.0. The third kappa shape index (κ3) is 3.60. The van der Waals surface area contributed by atoms with Gasteiger partial charge in [0.2, 0.25) is 11.8 Å². The van der Waals surface area contributed by atoms with E-state index in [9.17, 15) is 9.59 Å². The largest absolute Gasteiger partial charge is 0.347 e. The Morgan fingerprint density at radius 1 is 1.42 bits per heavy atom. The second-order valence-corrected chi connectivity index (χ2v) is 6.85. The van der Waals surface area contributed by atoms with Crippen molar-refractivity contribution in [2.45, 2.75) is 24.8 Å². The lowest BCUT2D eigenvalue weighted by Crippen LogP contribution is -2.43. The summed E-state index contributed by atoms with van der Waals surface area (Å²) in [5.41, 5.74) is 1.14. The molecule has 6 nitrogen and oxygen atoms in total. The van der Waals surface area contributed by atoms with Crippen LogP contribution in [0, 0.1) is 11.3 Å². The minimum Gasteiger partial charge on any atom is -0.347 e. The summed E-state index contributed by atoms with van der Waals surface area (Å²) in [6.07, 6.45) is 3.22. The molecule has 2 amide bonds. The summed E-state index contributed by atoms with van der Waals surface area (Å²) in [4.78, 5) is 28.1. The van der Waals surface area contributed by atoms with E-state index in [4.69, 9.17) is 5.26 Å². The SMILES string of the molecule is C=Cc1ccc2nc(CC(=O)NCC(=O)NC3(C#N)CC3)sc2c1. The third-order valence-electron chi connectivity index (χ3n) is 3.79. The fraction of sp³-hybridized carbons (Fsp3) is 0.294. The molecular weight excluding hydrogens is 324 g/mol. The Bertz CT molecular complexity index is 861. The van der Waals surface area contributed by atoms with E-state index in [2.05, 4.69) is 28.3 Å². The van der Waals surface area contributed by atoms with E-state index in [0.29, 0.717) is 17.8 Å². The average molecular weight is 340 g/mol. The van der Waals surface area contributed by atoms with Crippen LogP contribution in [0.4, 0.5) is 0 Å². The zero-order valence-electron chi connectivity index (χ0n) is 13.0. The predicted molar refractivity (Wildman–Crippen MR) is 92.1 cm³/mol. The van der Waals surface area contributed by atoms with Gasteiger partial charge >= 0.3 is 0 Å². The number of carbonyl (C=O) groups excluding carboxylic acids is 2. The van der Waals surface area contributed by atoms with Crippen LogP contribution in [-0.2, 0) is 16.0 Å². The number of nitrogens with one attached hydrogen (secondary N) is 2. The summed E-state index contributed by atoms with van der Waals surface area (Å²) in [5, 5.41) is 14.8. The van der Waals surface area contributed by atoms with Gasteiger partial charge in [-0.25, -0.2) is 4.98 Å². The van der Waals surface area contributed by atoms with Gasteiger partial charge in [-0.15, -0.1) is 11.3 Å². The lowest BCUT2D eigenvalue weighted by molar-refractivity contribution is -0.126. The van der Waals surface area contributed by atoms with Crippen LogP contribution in [0.2, 0.25) is 0 Å². The Balaban J connectivity index is 1.54. The molecule has 1 aromatic heterocycles. The lowest BCUT2D eigenvalue weighted by Gasteiger charge is -2.09. The maximum Gasteiger partial charge on any atom is 0.240 e. The van der Waals surface area contributed by atoms with E-state index in [1.807, 2.05) is 18.2 Å². The number of hydrogen-bond donors (Lipinski definition) is 2. The Labute approximate surface area is 143 Å². The highest BCUT2D eigenvalue weighted by Crippen LogP contribution is 2.34. The Morgan fingerprint density at radius 2 is 2.21 bits per heavy atom. The standard InChI is InChI=1S/C17H16N4O2S/c1-2-11-3-4-12-13(7-11)24-16(20-12)8-14(22)19-9-15(23)21-17(10-18)5-6-17/h2-4,7H,1,5-6,8-9H2,(H,19,22)(H,21,23). The second kappa shape index (κ2) is 6.42. The molecule has 0 atom stereocenters. The molecule has 122 valence electrons. The summed E-state index contributed by atoms with van der Waals surface area (Å²) < 4.78 is 0.998. The fourth-order valence-electron chi connectivity index (χ4n) is 2.27. The molecule has 3 rings (SSSR count). The second-order valence-electron chi connectivity index (χ2n) is 5.73. The van der Waals surface area contributed by atoms with Crippen LogP contribution in [0.15, 0.2) is 24.8 Å². The van der Waals surface area contributed by atoms with Crippen LogP contribution in [0.5, 0.6) is 0 Å². The van der Waals surface area contributed by atoms with Crippen molar-refractivity contribution in [2.24, 2.45) is 0 Å². The Morgan fingerprint density at radius 3 is 2.88 bits per heavy atom. The molecule has 1 fully saturated rings. The summed E-state index contributed by atoms with van der Waals surface area (Å²) in [7, 11) is 0. The van der Waals surface area contributed by atoms with Crippen LogP contribution in [0.3, 0.4) is 0 Å². The summed E-state index contributed by atoms with van der Waals surface area (Å²) in [6.45, 7) is 3.60. The van der Waals surface area contributed by atoms with E-state index >= 15 is 0 Å². The topological polar surface area (TPSA) is 94.9 Å². The summed E-state index contributed by atoms with van der Waals surface area (Å²) in [6, 6.07) is 7.87. The van der Waals surface area contributed by atoms with E-state index in [-0.39, 0.29) is 24.8 Å². The van der Waals surface area contributed by atoms with Gasteiger partial charge in [0.05, 0.1) is 29.3 Å². The molecule has 2 aromatic rings. The van der Waals surface area contributed by atoms with Crippen molar-refractivity contribution in [3.8, 4) is 6.07 Å². The number of nitrogens with zero attached hydrogens (tertiary/aromatic N) is 2. The normalized spacial score (nSPS) is 14.6. The molecule has 0 spiro atoms. The van der Waals surface area contributed by atoms with Crippen LogP contribution in [0.1, 0.15) is 23.4 Å². The minimum atomic E-state index is -0.711. The molecule has 1 aromatic carbocycles. The number of fused-ring (bicyclic) bond motifs is 1. The Kier molecular flexibility index (Phi) is 4.32. The number of rotatable bonds is 6. The fourth-order valence-corrected chi connectivity index (χ4v) is 3.29. The Hall–Kier alpha value is -2.72. The maximum atomic E-state index is 12.0. The van der Waals surface area contributed by atoms with E-state index in [1.165, 1.54) is 11.3 Å². The molecule has 1 saturated carbocycles. The van der Waals surface area contributed by atoms with Gasteiger partial charge in [0.15, 0.2) is 0 Å². The van der Waals surface area contributed by atoms with Gasteiger partial charge in [-0.05, 0) is 30.5 Å². The van der Waals surface area contributed by atoms with Gasteiger partial charge in [-0.2, -0.15) is 5.26 Å². The number of aromatic nitrogens is 1. The summed E-state index contributed by atoms with van der Waals surface area (Å²) >= 11 is 1.45. The van der Waals surface area contributed by atoms with Crippen LogP contribution in [0.25, 0.3) is 16.3 Å². The molecule has 0 bridgehead atoms. The van der Waals surface area contributed by atoms with Crippen molar-refractivity contribution in [2.75, 3.05) is 6.54 Å². The minimum absolute atomic E-state index is 0.124. The molecule has 0 saturated heterocycles. The molecule has 7 heteroatoms. The first kappa shape index (κ1) is 16.1. The monoisotopic (exact) mass is 340 g/mol. The van der Waals surface area contributed by atoms with E-state index in [1.54, 1.807) is 6.08 Å². The van der Waals surface area contributed by atoms with Crippen molar-refractivity contribution in [1.29, 1.82) is 5.26 Å². The zero-order valence-corrected chi connectivity index (χ0v) is 13.8. The van der Waals surface area contributed by atoms with Gasteiger partial charge in [0.1, 0.15) is 10.5 Å². The number of thiazole rings is 1. The molecule has 24 heavy (non-hydrogen) atoms. The molecule has 1 heterocycles. The van der Waals surface area contributed by atoms with Crippen molar-refractivity contribution in [3.05, 3.63) is 35.3 Å². The average Bonchev–Trinajstić information content (AvgIpc) is 3.23. The van der Waals surface area contributed by atoms with E-state index < -0.39 is 5.54 Å². The van der Waals surface area contributed by atoms with Crippen molar-refractivity contribution >= 4 is 39.4 Å². The number of nitriles is 1. The van der Waals surface area contributed by atoms with Crippen LogP contribution < -0.4 is 10.6 Å². The first-order chi connectivity index (χ1) is 11.5. The molecule has 0 unspecified atom stereocenters. The highest BCUT2D eigenvalue weighted by Gasteiger charge is 2.44. The first-order valence-electron chi connectivity index (χ1n) is 7.54. The molecule has 2 N–H and O–H groups in total. The number of hydrogen-bond acceptors (Lipinski definition) is 5. The summed E-state index contributed by atoms with van der Waals surface area (Å²) in [5.74, 6) is -0.614. The predicted octanol–water partition coefficient (Wildman–Crippen LogP) is 1.77. The number of amides is 2. The molecular formula is C17H16N4O2S. The highest BCUT2D eigenvalue weighted by atomic mass is 32.1. The van der Waals surface area contributed by atoms with E-state index in [0.717, 1.165) is 15.8 Å². The van der Waals surface area contributed by atoms with Crippen LogP contribution in [-0.4, -0.2) is 28.9 Å². The number of benzene rings is 1. The molecule has 1 aliphatic carbocycles. The van der Waals surface area contributed by atoms with Gasteiger partial charge in [0, 0.05) is 0 Å². The molecule has 0 radical (unpaired) electrons. The van der Waals surface area contributed by atoms with Gasteiger partial charge in [-0.3, -0.25) is 9.59 Å².